The quantitative estimate of drug-likeness (QED) is 0.896. The molecule has 0 bridgehead atoms. The van der Waals surface area contributed by atoms with Crippen LogP contribution in [0.4, 0.5) is 0 Å². The van der Waals surface area contributed by atoms with Crippen molar-refractivity contribution in [3.8, 4) is 0 Å². The summed E-state index contributed by atoms with van der Waals surface area (Å²) in [6.07, 6.45) is 1.83. The van der Waals surface area contributed by atoms with E-state index in [9.17, 15) is 4.79 Å². The zero-order valence-corrected chi connectivity index (χ0v) is 10.5. The maximum atomic E-state index is 10.8. The van der Waals surface area contributed by atoms with E-state index in [2.05, 4.69) is 10.1 Å². The van der Waals surface area contributed by atoms with Crippen LogP contribution in [0.3, 0.4) is 0 Å². The molecule has 0 fully saturated rings. The van der Waals surface area contributed by atoms with Gasteiger partial charge >= 0.3 is 5.97 Å². The van der Waals surface area contributed by atoms with Crippen LogP contribution in [0.5, 0.6) is 0 Å². The van der Waals surface area contributed by atoms with Crippen LogP contribution in [0.15, 0.2) is 11.7 Å². The van der Waals surface area contributed by atoms with Gasteiger partial charge in [-0.25, -0.2) is 0 Å². The van der Waals surface area contributed by atoms with Crippen LogP contribution < -0.4 is 0 Å². The van der Waals surface area contributed by atoms with E-state index < -0.39 is 5.97 Å². The lowest BCUT2D eigenvalue weighted by molar-refractivity contribution is -0.136. The number of hydrogen-bond donors (Lipinski definition) is 1. The maximum Gasteiger partial charge on any atom is 0.307 e. The van der Waals surface area contributed by atoms with Crippen molar-refractivity contribution in [2.24, 2.45) is 0 Å². The van der Waals surface area contributed by atoms with Crippen LogP contribution >= 0.6 is 11.3 Å². The Morgan fingerprint density at radius 2 is 2.29 bits per heavy atom. The monoisotopic (exact) mass is 251 g/mol. The first kappa shape index (κ1) is 11.8. The predicted molar refractivity (Wildman–Crippen MR) is 64.3 cm³/mol. The van der Waals surface area contributed by atoms with Crippen molar-refractivity contribution < 1.29 is 9.90 Å². The van der Waals surface area contributed by atoms with E-state index in [-0.39, 0.29) is 6.42 Å². The van der Waals surface area contributed by atoms with Crippen LogP contribution in [0.2, 0.25) is 0 Å². The van der Waals surface area contributed by atoms with Gasteiger partial charge in [0.05, 0.1) is 24.2 Å². The van der Waals surface area contributed by atoms with Crippen LogP contribution in [-0.2, 0) is 17.8 Å². The minimum Gasteiger partial charge on any atom is -0.481 e. The molecule has 6 heteroatoms. The van der Waals surface area contributed by atoms with E-state index in [1.165, 1.54) is 0 Å². The molecule has 0 saturated heterocycles. The Hall–Kier alpha value is -1.69. The van der Waals surface area contributed by atoms with Crippen molar-refractivity contribution in [2.45, 2.75) is 26.8 Å². The molecule has 0 aromatic carbocycles. The van der Waals surface area contributed by atoms with E-state index in [0.29, 0.717) is 6.54 Å². The van der Waals surface area contributed by atoms with Gasteiger partial charge in [-0.05, 0) is 13.8 Å². The topological polar surface area (TPSA) is 68.0 Å². The van der Waals surface area contributed by atoms with Gasteiger partial charge in [0.2, 0.25) is 0 Å². The highest BCUT2D eigenvalue weighted by atomic mass is 32.1. The van der Waals surface area contributed by atoms with Crippen molar-refractivity contribution >= 4 is 17.3 Å². The summed E-state index contributed by atoms with van der Waals surface area (Å²) in [5.74, 6) is -0.825. The molecule has 2 aromatic rings. The Balaban J connectivity index is 2.27. The third kappa shape index (κ3) is 2.52. The fourth-order valence-corrected chi connectivity index (χ4v) is 2.34. The number of carboxylic acid groups (broad SMARTS) is 1. The van der Waals surface area contributed by atoms with Crippen LogP contribution in [-0.4, -0.2) is 25.8 Å². The minimum atomic E-state index is -0.825. The Morgan fingerprint density at radius 3 is 2.88 bits per heavy atom. The SMILES string of the molecule is Cc1nn(Cc2cncs2)c(C)c1CC(=O)O. The van der Waals surface area contributed by atoms with Gasteiger partial charge in [-0.1, -0.05) is 0 Å². The van der Waals surface area contributed by atoms with Crippen molar-refractivity contribution in [3.05, 3.63) is 33.5 Å². The number of nitrogens with zero attached hydrogens (tertiary/aromatic N) is 3. The summed E-state index contributed by atoms with van der Waals surface area (Å²) in [5, 5.41) is 13.2. The first-order valence-electron chi connectivity index (χ1n) is 5.20. The smallest absolute Gasteiger partial charge is 0.307 e. The van der Waals surface area contributed by atoms with Gasteiger partial charge in [-0.15, -0.1) is 11.3 Å². The van der Waals surface area contributed by atoms with Gasteiger partial charge in [-0.3, -0.25) is 14.5 Å². The predicted octanol–water partition coefficient (Wildman–Crippen LogP) is 1.63. The van der Waals surface area contributed by atoms with Crippen LogP contribution in [0.25, 0.3) is 0 Å². The number of aromatic nitrogens is 3. The molecule has 5 nitrogen and oxygen atoms in total. The first-order chi connectivity index (χ1) is 8.08. The third-order valence-electron chi connectivity index (χ3n) is 2.65. The molecule has 0 saturated carbocycles. The molecule has 17 heavy (non-hydrogen) atoms. The van der Waals surface area contributed by atoms with Crippen molar-refractivity contribution in [3.63, 3.8) is 0 Å². The highest BCUT2D eigenvalue weighted by molar-refractivity contribution is 7.09. The second kappa shape index (κ2) is 4.67. The Bertz CT molecular complexity index is 531. The molecule has 0 aliphatic heterocycles. The lowest BCUT2D eigenvalue weighted by Crippen LogP contribution is -2.05. The fraction of sp³-hybridized carbons (Fsp3) is 0.364. The Kier molecular flexibility index (Phi) is 3.23. The van der Waals surface area contributed by atoms with Gasteiger partial charge in [0.1, 0.15) is 0 Å². The van der Waals surface area contributed by atoms with Crippen molar-refractivity contribution in [1.82, 2.24) is 14.8 Å². The van der Waals surface area contributed by atoms with Crippen LogP contribution in [0, 0.1) is 13.8 Å². The molecule has 90 valence electrons. The molecule has 0 aliphatic carbocycles. The number of aliphatic carboxylic acids is 1. The van der Waals surface area contributed by atoms with Gasteiger partial charge in [-0.2, -0.15) is 5.10 Å². The van der Waals surface area contributed by atoms with E-state index in [4.69, 9.17) is 5.11 Å². The average Bonchev–Trinajstić information content (AvgIpc) is 2.83. The fourth-order valence-electron chi connectivity index (χ4n) is 1.76. The number of rotatable bonds is 4. The van der Waals surface area contributed by atoms with Crippen LogP contribution in [0.1, 0.15) is 21.8 Å². The summed E-state index contributed by atoms with van der Waals surface area (Å²) < 4.78 is 1.83. The number of thiazole rings is 1. The van der Waals surface area contributed by atoms with E-state index in [1.807, 2.05) is 18.5 Å². The molecule has 0 amide bonds. The summed E-state index contributed by atoms with van der Waals surface area (Å²) in [7, 11) is 0. The summed E-state index contributed by atoms with van der Waals surface area (Å²) in [6, 6.07) is 0. The molecule has 0 atom stereocenters. The van der Waals surface area contributed by atoms with Gasteiger partial charge in [0.15, 0.2) is 0 Å². The minimum absolute atomic E-state index is 0.0281. The summed E-state index contributed by atoms with van der Waals surface area (Å²) in [4.78, 5) is 15.9. The molecule has 0 spiro atoms. The molecule has 2 rings (SSSR count). The Morgan fingerprint density at radius 1 is 1.53 bits per heavy atom. The number of hydrogen-bond acceptors (Lipinski definition) is 4. The zero-order chi connectivity index (χ0) is 12.4. The third-order valence-corrected chi connectivity index (χ3v) is 3.41. The standard InChI is InChI=1S/C11H13N3O2S/c1-7-10(3-11(15)16)8(2)14(13-7)5-9-4-12-6-17-9/h4,6H,3,5H2,1-2H3,(H,15,16). The first-order valence-corrected chi connectivity index (χ1v) is 6.08. The summed E-state index contributed by atoms with van der Waals surface area (Å²) in [6.45, 7) is 4.39. The van der Waals surface area contributed by atoms with Gasteiger partial charge < -0.3 is 5.11 Å². The summed E-state index contributed by atoms with van der Waals surface area (Å²) in [5.41, 5.74) is 4.29. The van der Waals surface area contributed by atoms with Crippen molar-refractivity contribution in [2.75, 3.05) is 0 Å². The van der Waals surface area contributed by atoms with Crippen molar-refractivity contribution in [1.29, 1.82) is 0 Å². The summed E-state index contributed by atoms with van der Waals surface area (Å²) >= 11 is 1.57. The molecule has 2 heterocycles. The highest BCUT2D eigenvalue weighted by Gasteiger charge is 2.14. The van der Waals surface area contributed by atoms with E-state index in [1.54, 1.807) is 23.0 Å². The van der Waals surface area contributed by atoms with E-state index in [0.717, 1.165) is 21.8 Å². The molecule has 0 unspecified atom stereocenters. The average molecular weight is 251 g/mol. The molecule has 0 aliphatic rings. The lowest BCUT2D eigenvalue weighted by atomic mass is 10.1. The second-order valence-electron chi connectivity index (χ2n) is 3.85. The highest BCUT2D eigenvalue weighted by Crippen LogP contribution is 2.16. The number of carbonyl (C=O) groups is 1. The number of aryl methyl sites for hydroxylation is 1. The number of carboxylic acids is 1. The molecular weight excluding hydrogens is 238 g/mol. The second-order valence-corrected chi connectivity index (χ2v) is 4.82. The van der Waals surface area contributed by atoms with Gasteiger partial charge in [0, 0.05) is 22.3 Å². The van der Waals surface area contributed by atoms with Gasteiger partial charge in [0.25, 0.3) is 0 Å². The van der Waals surface area contributed by atoms with E-state index >= 15 is 0 Å². The Labute approximate surface area is 103 Å². The lowest BCUT2D eigenvalue weighted by Gasteiger charge is -2.02. The molecule has 1 N–H and O–H groups in total. The normalized spacial score (nSPS) is 10.7. The molecule has 0 radical (unpaired) electrons. The molecule has 2 aromatic heterocycles. The largest absolute Gasteiger partial charge is 0.481 e. The maximum absolute atomic E-state index is 10.8. The molecular formula is C11H13N3O2S. The zero-order valence-electron chi connectivity index (χ0n) is 9.67.